The van der Waals surface area contributed by atoms with Gasteiger partial charge in [0.1, 0.15) is 0 Å². The molecule has 2 heterocycles. The van der Waals surface area contributed by atoms with Gasteiger partial charge >= 0.3 is 0 Å². The van der Waals surface area contributed by atoms with Gasteiger partial charge in [-0.05, 0) is 44.7 Å². The van der Waals surface area contributed by atoms with Crippen molar-refractivity contribution in [3.05, 3.63) is 38.6 Å². The van der Waals surface area contributed by atoms with Crippen molar-refractivity contribution in [3.8, 4) is 10.7 Å². The van der Waals surface area contributed by atoms with Crippen molar-refractivity contribution < 1.29 is 0 Å². The van der Waals surface area contributed by atoms with Gasteiger partial charge in [-0.3, -0.25) is 4.79 Å². The Labute approximate surface area is 104 Å². The topological polar surface area (TPSA) is 45.8 Å². The zero-order valence-corrected chi connectivity index (χ0v) is 10.6. The first-order chi connectivity index (χ1) is 8.24. The molecular weight excluding hydrogens is 232 g/mol. The second-order valence-corrected chi connectivity index (χ2v) is 5.75. The highest BCUT2D eigenvalue weighted by Crippen LogP contribution is 2.25. The first-order valence-electron chi connectivity index (χ1n) is 5.93. The molecule has 0 aromatic carbocycles. The lowest BCUT2D eigenvalue weighted by Crippen LogP contribution is -2.21. The molecule has 0 atom stereocenters. The fourth-order valence-corrected chi connectivity index (χ4v) is 3.09. The van der Waals surface area contributed by atoms with Crippen LogP contribution in [0, 0.1) is 6.92 Å². The molecule has 3 rings (SSSR count). The predicted molar refractivity (Wildman–Crippen MR) is 69.5 cm³/mol. The normalized spacial score (nSPS) is 14.6. The van der Waals surface area contributed by atoms with Gasteiger partial charge in [0.15, 0.2) is 5.82 Å². The van der Waals surface area contributed by atoms with Gasteiger partial charge < -0.3 is 4.98 Å². The van der Waals surface area contributed by atoms with Crippen molar-refractivity contribution in [2.45, 2.75) is 32.6 Å². The van der Waals surface area contributed by atoms with E-state index in [1.807, 2.05) is 6.07 Å². The van der Waals surface area contributed by atoms with Crippen LogP contribution in [0.4, 0.5) is 0 Å². The zero-order chi connectivity index (χ0) is 11.8. The Morgan fingerprint density at radius 1 is 1.29 bits per heavy atom. The van der Waals surface area contributed by atoms with Crippen molar-refractivity contribution in [2.75, 3.05) is 0 Å². The molecule has 88 valence electrons. The molecule has 0 amide bonds. The van der Waals surface area contributed by atoms with Crippen LogP contribution < -0.4 is 5.56 Å². The lowest BCUT2D eigenvalue weighted by atomic mass is 9.97. The van der Waals surface area contributed by atoms with Crippen molar-refractivity contribution in [3.63, 3.8) is 0 Å². The van der Waals surface area contributed by atoms with E-state index in [1.54, 1.807) is 11.3 Å². The molecule has 0 saturated heterocycles. The fourth-order valence-electron chi connectivity index (χ4n) is 2.28. The lowest BCUT2D eigenvalue weighted by Gasteiger charge is -2.13. The third-order valence-electron chi connectivity index (χ3n) is 3.17. The summed E-state index contributed by atoms with van der Waals surface area (Å²) in [5, 5.41) is 0. The van der Waals surface area contributed by atoms with E-state index in [1.165, 1.54) is 4.88 Å². The largest absolute Gasteiger partial charge is 0.306 e. The van der Waals surface area contributed by atoms with Gasteiger partial charge in [0.2, 0.25) is 0 Å². The molecule has 0 unspecified atom stereocenters. The van der Waals surface area contributed by atoms with Gasteiger partial charge in [0.05, 0.1) is 10.6 Å². The van der Waals surface area contributed by atoms with E-state index in [4.69, 9.17) is 0 Å². The van der Waals surface area contributed by atoms with Crippen LogP contribution >= 0.6 is 11.3 Å². The zero-order valence-electron chi connectivity index (χ0n) is 9.75. The van der Waals surface area contributed by atoms with Crippen LogP contribution in [0.15, 0.2) is 16.9 Å². The molecule has 0 saturated carbocycles. The lowest BCUT2D eigenvalue weighted by molar-refractivity contribution is 0.658. The maximum absolute atomic E-state index is 12.0. The summed E-state index contributed by atoms with van der Waals surface area (Å²) < 4.78 is 0. The molecule has 3 nitrogen and oxygen atoms in total. The van der Waals surface area contributed by atoms with Gasteiger partial charge in [-0.15, -0.1) is 11.3 Å². The number of aromatic nitrogens is 2. The number of fused-ring (bicyclic) bond motifs is 1. The van der Waals surface area contributed by atoms with Crippen molar-refractivity contribution >= 4 is 11.3 Å². The molecule has 0 radical (unpaired) electrons. The average Bonchev–Trinajstić information content (AvgIpc) is 2.76. The highest BCUT2D eigenvalue weighted by atomic mass is 32.1. The van der Waals surface area contributed by atoms with Crippen LogP contribution in [0.5, 0.6) is 0 Å². The Hall–Kier alpha value is -1.42. The third-order valence-corrected chi connectivity index (χ3v) is 4.17. The van der Waals surface area contributed by atoms with Gasteiger partial charge in [0, 0.05) is 10.4 Å². The van der Waals surface area contributed by atoms with Crippen LogP contribution in [0.2, 0.25) is 0 Å². The minimum atomic E-state index is 0.0516. The van der Waals surface area contributed by atoms with Crippen LogP contribution in [-0.4, -0.2) is 9.97 Å². The highest BCUT2D eigenvalue weighted by Gasteiger charge is 2.16. The molecule has 4 heteroatoms. The standard InChI is InChI=1S/C13H14N2OS/c1-8-6-7-11(17-8)12-14-10-5-3-2-4-9(10)13(16)15-12/h6-7H,2-5H2,1H3,(H,14,15,16). The second-order valence-electron chi connectivity index (χ2n) is 4.46. The predicted octanol–water partition coefficient (Wildman–Crippen LogP) is 2.69. The Morgan fingerprint density at radius 3 is 2.88 bits per heavy atom. The van der Waals surface area contributed by atoms with Gasteiger partial charge in [-0.2, -0.15) is 0 Å². The van der Waals surface area contributed by atoms with E-state index in [-0.39, 0.29) is 5.56 Å². The average molecular weight is 246 g/mol. The monoisotopic (exact) mass is 246 g/mol. The van der Waals surface area contributed by atoms with E-state index in [0.29, 0.717) is 0 Å². The summed E-state index contributed by atoms with van der Waals surface area (Å²) in [6.07, 6.45) is 4.07. The van der Waals surface area contributed by atoms with Crippen molar-refractivity contribution in [1.82, 2.24) is 9.97 Å². The summed E-state index contributed by atoms with van der Waals surface area (Å²) >= 11 is 1.67. The van der Waals surface area contributed by atoms with Crippen molar-refractivity contribution in [1.29, 1.82) is 0 Å². The van der Waals surface area contributed by atoms with E-state index in [2.05, 4.69) is 23.0 Å². The number of aromatic amines is 1. The van der Waals surface area contributed by atoms with E-state index in [0.717, 1.165) is 47.6 Å². The number of nitrogens with one attached hydrogen (secondary N) is 1. The first kappa shape index (κ1) is 10.7. The molecular formula is C13H14N2OS. The van der Waals surface area contributed by atoms with Crippen molar-refractivity contribution in [2.24, 2.45) is 0 Å². The summed E-state index contributed by atoms with van der Waals surface area (Å²) in [5.74, 6) is 0.730. The first-order valence-corrected chi connectivity index (χ1v) is 6.74. The molecule has 0 aliphatic heterocycles. The van der Waals surface area contributed by atoms with E-state index >= 15 is 0 Å². The number of nitrogens with zero attached hydrogens (tertiary/aromatic N) is 1. The van der Waals surface area contributed by atoms with Crippen LogP contribution in [-0.2, 0) is 12.8 Å². The van der Waals surface area contributed by atoms with Crippen LogP contribution in [0.25, 0.3) is 10.7 Å². The molecule has 0 fully saturated rings. The molecule has 1 aliphatic carbocycles. The third kappa shape index (κ3) is 1.93. The maximum atomic E-state index is 12.0. The fraction of sp³-hybridized carbons (Fsp3) is 0.385. The number of H-pyrrole nitrogens is 1. The number of hydrogen-bond donors (Lipinski definition) is 1. The Kier molecular flexibility index (Phi) is 2.59. The number of hydrogen-bond acceptors (Lipinski definition) is 3. The minimum absolute atomic E-state index is 0.0516. The second kappa shape index (κ2) is 4.11. The number of aryl methyl sites for hydroxylation is 2. The van der Waals surface area contributed by atoms with E-state index < -0.39 is 0 Å². The molecule has 2 aromatic rings. The maximum Gasteiger partial charge on any atom is 0.254 e. The molecule has 17 heavy (non-hydrogen) atoms. The number of thiophene rings is 1. The van der Waals surface area contributed by atoms with Gasteiger partial charge in [-0.1, -0.05) is 0 Å². The van der Waals surface area contributed by atoms with Crippen LogP contribution in [0.1, 0.15) is 29.0 Å². The summed E-state index contributed by atoms with van der Waals surface area (Å²) in [4.78, 5) is 21.8. The van der Waals surface area contributed by atoms with Crippen LogP contribution in [0.3, 0.4) is 0 Å². The highest BCUT2D eigenvalue weighted by molar-refractivity contribution is 7.15. The van der Waals surface area contributed by atoms with Gasteiger partial charge in [-0.25, -0.2) is 4.98 Å². The molecule has 1 N–H and O–H groups in total. The Bertz CT molecular complexity index is 612. The van der Waals surface area contributed by atoms with E-state index in [9.17, 15) is 4.79 Å². The van der Waals surface area contributed by atoms with Gasteiger partial charge in [0.25, 0.3) is 5.56 Å². The summed E-state index contributed by atoms with van der Waals surface area (Å²) in [6, 6.07) is 4.08. The minimum Gasteiger partial charge on any atom is -0.306 e. The number of rotatable bonds is 1. The summed E-state index contributed by atoms with van der Waals surface area (Å²) in [7, 11) is 0. The molecule has 0 bridgehead atoms. The SMILES string of the molecule is Cc1ccc(-c2nc3c(c(=O)[nH]2)CCCC3)s1. The Balaban J connectivity index is 2.13. The quantitative estimate of drug-likeness (QED) is 0.841. The molecule has 2 aromatic heterocycles. The summed E-state index contributed by atoms with van der Waals surface area (Å²) in [5.41, 5.74) is 1.95. The Morgan fingerprint density at radius 2 is 2.12 bits per heavy atom. The summed E-state index contributed by atoms with van der Waals surface area (Å²) in [6.45, 7) is 2.06. The molecule has 1 aliphatic rings. The molecule has 0 spiro atoms. The smallest absolute Gasteiger partial charge is 0.254 e.